The summed E-state index contributed by atoms with van der Waals surface area (Å²) >= 11 is 5.80. The van der Waals surface area contributed by atoms with Crippen LogP contribution in [0.4, 0.5) is 5.82 Å². The molecule has 17 heavy (non-hydrogen) atoms. The van der Waals surface area contributed by atoms with Crippen molar-refractivity contribution in [2.24, 2.45) is 5.92 Å². The third-order valence-corrected chi connectivity index (χ3v) is 3.28. The third-order valence-electron chi connectivity index (χ3n) is 3.09. The quantitative estimate of drug-likeness (QED) is 0.811. The molecule has 92 valence electrons. The van der Waals surface area contributed by atoms with E-state index in [9.17, 15) is 4.79 Å². The van der Waals surface area contributed by atoms with Crippen molar-refractivity contribution in [3.05, 3.63) is 22.8 Å². The van der Waals surface area contributed by atoms with Crippen LogP contribution in [0, 0.1) is 5.92 Å². The number of hydrogen-bond acceptors (Lipinski definition) is 3. The molecule has 1 aliphatic carbocycles. The number of aromatic carboxylic acids is 1. The van der Waals surface area contributed by atoms with Crippen LogP contribution < -0.4 is 5.32 Å². The van der Waals surface area contributed by atoms with Gasteiger partial charge < -0.3 is 10.4 Å². The molecule has 0 amide bonds. The third kappa shape index (κ3) is 2.88. The maximum atomic E-state index is 10.9. The summed E-state index contributed by atoms with van der Waals surface area (Å²) in [6.45, 7) is 4.18. The van der Waals surface area contributed by atoms with Gasteiger partial charge in [-0.2, -0.15) is 0 Å². The van der Waals surface area contributed by atoms with Gasteiger partial charge in [0.15, 0.2) is 0 Å². The Morgan fingerprint density at radius 1 is 1.53 bits per heavy atom. The summed E-state index contributed by atoms with van der Waals surface area (Å²) in [5.74, 6) is 0.143. The summed E-state index contributed by atoms with van der Waals surface area (Å²) < 4.78 is 0. The van der Waals surface area contributed by atoms with Gasteiger partial charge in [-0.25, -0.2) is 9.78 Å². The number of aromatic nitrogens is 1. The number of carboxylic acids is 1. The van der Waals surface area contributed by atoms with E-state index in [0.717, 1.165) is 0 Å². The van der Waals surface area contributed by atoms with E-state index >= 15 is 0 Å². The lowest BCUT2D eigenvalue weighted by molar-refractivity contribution is 0.0697. The average Bonchev–Trinajstić information content (AvgIpc) is 2.98. The minimum absolute atomic E-state index is 0.0759. The molecular weight excluding hydrogens is 240 g/mol. The Hall–Kier alpha value is -1.29. The smallest absolute Gasteiger partial charge is 0.335 e. The molecule has 0 aromatic carbocycles. The van der Waals surface area contributed by atoms with E-state index in [1.165, 1.54) is 25.0 Å². The highest BCUT2D eigenvalue weighted by Gasteiger charge is 2.37. The standard InChI is InChI=1S/C12H15ClN2O2/c1-12(2,8-3-4-8)15-10-6-7(11(16)17)5-9(13)14-10/h5-6,8H,3-4H2,1-2H3,(H,14,15)(H,16,17). The zero-order chi connectivity index (χ0) is 12.6. The van der Waals surface area contributed by atoms with Gasteiger partial charge >= 0.3 is 5.97 Å². The van der Waals surface area contributed by atoms with Crippen molar-refractivity contribution in [2.75, 3.05) is 5.32 Å². The molecule has 2 N–H and O–H groups in total. The first-order valence-corrected chi connectivity index (χ1v) is 5.95. The second-order valence-corrected chi connectivity index (χ2v) is 5.38. The number of anilines is 1. The Kier molecular flexibility index (Phi) is 3.00. The number of halogens is 1. The Morgan fingerprint density at radius 2 is 2.18 bits per heavy atom. The van der Waals surface area contributed by atoms with E-state index in [4.69, 9.17) is 16.7 Å². The van der Waals surface area contributed by atoms with Crippen LogP contribution in [0.15, 0.2) is 12.1 Å². The Labute approximate surface area is 105 Å². The predicted octanol–water partition coefficient (Wildman–Crippen LogP) is 3.03. The fraction of sp³-hybridized carbons (Fsp3) is 0.500. The molecule has 1 aliphatic rings. The van der Waals surface area contributed by atoms with Crippen molar-refractivity contribution < 1.29 is 9.90 Å². The van der Waals surface area contributed by atoms with Gasteiger partial charge in [0, 0.05) is 5.54 Å². The van der Waals surface area contributed by atoms with Crippen molar-refractivity contribution in [3.63, 3.8) is 0 Å². The number of pyridine rings is 1. The lowest BCUT2D eigenvalue weighted by atomic mass is 9.99. The van der Waals surface area contributed by atoms with E-state index in [1.54, 1.807) is 0 Å². The van der Waals surface area contributed by atoms with Crippen LogP contribution >= 0.6 is 11.6 Å². The summed E-state index contributed by atoms with van der Waals surface area (Å²) in [7, 11) is 0. The van der Waals surface area contributed by atoms with Crippen molar-refractivity contribution in [2.45, 2.75) is 32.2 Å². The molecule has 0 bridgehead atoms. The molecule has 2 rings (SSSR count). The number of rotatable bonds is 4. The van der Waals surface area contributed by atoms with Crippen molar-refractivity contribution in [1.82, 2.24) is 4.98 Å². The van der Waals surface area contributed by atoms with Gasteiger partial charge in [-0.15, -0.1) is 0 Å². The zero-order valence-corrected chi connectivity index (χ0v) is 10.6. The molecule has 1 aromatic heterocycles. The Morgan fingerprint density at radius 3 is 2.71 bits per heavy atom. The topological polar surface area (TPSA) is 62.2 Å². The molecule has 0 aliphatic heterocycles. The molecule has 0 radical (unpaired) electrons. The number of carbonyl (C=O) groups is 1. The fourth-order valence-corrected chi connectivity index (χ4v) is 2.13. The van der Waals surface area contributed by atoms with Gasteiger partial charge in [-0.1, -0.05) is 11.6 Å². The average molecular weight is 255 g/mol. The van der Waals surface area contributed by atoms with Crippen LogP contribution in [0.5, 0.6) is 0 Å². The Balaban J connectivity index is 2.23. The highest BCUT2D eigenvalue weighted by Crippen LogP contribution is 2.40. The number of nitrogens with zero attached hydrogens (tertiary/aromatic N) is 1. The molecule has 0 saturated heterocycles. The van der Waals surface area contributed by atoms with E-state index in [1.807, 2.05) is 0 Å². The van der Waals surface area contributed by atoms with Gasteiger partial charge in [-0.05, 0) is 44.7 Å². The molecule has 4 nitrogen and oxygen atoms in total. The minimum Gasteiger partial charge on any atom is -0.478 e. The fourth-order valence-electron chi connectivity index (χ4n) is 1.92. The van der Waals surface area contributed by atoms with Crippen LogP contribution in [0.2, 0.25) is 5.15 Å². The highest BCUT2D eigenvalue weighted by molar-refractivity contribution is 6.29. The normalized spacial score (nSPS) is 15.7. The first kappa shape index (κ1) is 12.2. The van der Waals surface area contributed by atoms with E-state index in [0.29, 0.717) is 11.7 Å². The van der Waals surface area contributed by atoms with Gasteiger partial charge in [0.25, 0.3) is 0 Å². The van der Waals surface area contributed by atoms with E-state index in [2.05, 4.69) is 24.1 Å². The SMILES string of the molecule is CC(C)(Nc1cc(C(=O)O)cc(Cl)n1)C1CC1. The first-order valence-electron chi connectivity index (χ1n) is 5.57. The van der Waals surface area contributed by atoms with E-state index in [-0.39, 0.29) is 16.3 Å². The monoisotopic (exact) mass is 254 g/mol. The van der Waals surface area contributed by atoms with Crippen molar-refractivity contribution in [3.8, 4) is 0 Å². The van der Waals surface area contributed by atoms with Crippen LogP contribution in [0.3, 0.4) is 0 Å². The second kappa shape index (κ2) is 4.18. The van der Waals surface area contributed by atoms with Crippen molar-refractivity contribution >= 4 is 23.4 Å². The molecular formula is C12H15ClN2O2. The second-order valence-electron chi connectivity index (χ2n) is 4.99. The van der Waals surface area contributed by atoms with Crippen LogP contribution in [0.25, 0.3) is 0 Å². The first-order chi connectivity index (χ1) is 7.88. The summed E-state index contributed by atoms with van der Waals surface area (Å²) in [5, 5.41) is 12.4. The molecule has 1 aromatic rings. The summed E-state index contributed by atoms with van der Waals surface area (Å²) in [6.07, 6.45) is 2.40. The summed E-state index contributed by atoms with van der Waals surface area (Å²) in [6, 6.07) is 2.86. The predicted molar refractivity (Wildman–Crippen MR) is 66.6 cm³/mol. The number of hydrogen-bond donors (Lipinski definition) is 2. The van der Waals surface area contributed by atoms with Gasteiger partial charge in [0.1, 0.15) is 11.0 Å². The number of nitrogens with one attached hydrogen (secondary N) is 1. The molecule has 1 saturated carbocycles. The van der Waals surface area contributed by atoms with E-state index < -0.39 is 5.97 Å². The maximum absolute atomic E-state index is 10.9. The van der Waals surface area contributed by atoms with Gasteiger partial charge in [-0.3, -0.25) is 0 Å². The molecule has 0 unspecified atom stereocenters. The minimum atomic E-state index is -0.999. The molecule has 5 heteroatoms. The van der Waals surface area contributed by atoms with Crippen LogP contribution in [0.1, 0.15) is 37.0 Å². The summed E-state index contributed by atoms with van der Waals surface area (Å²) in [4.78, 5) is 15.0. The molecule has 0 spiro atoms. The van der Waals surface area contributed by atoms with Crippen molar-refractivity contribution in [1.29, 1.82) is 0 Å². The van der Waals surface area contributed by atoms with Crippen LogP contribution in [-0.4, -0.2) is 21.6 Å². The molecule has 1 fully saturated rings. The lowest BCUT2D eigenvalue weighted by Crippen LogP contribution is -2.33. The maximum Gasteiger partial charge on any atom is 0.335 e. The van der Waals surface area contributed by atoms with Crippen LogP contribution in [-0.2, 0) is 0 Å². The van der Waals surface area contributed by atoms with Gasteiger partial charge in [0.05, 0.1) is 5.56 Å². The van der Waals surface area contributed by atoms with Gasteiger partial charge in [0.2, 0.25) is 0 Å². The highest BCUT2D eigenvalue weighted by atomic mass is 35.5. The number of carboxylic acid groups (broad SMARTS) is 1. The molecule has 0 atom stereocenters. The largest absolute Gasteiger partial charge is 0.478 e. The molecule has 1 heterocycles. The zero-order valence-electron chi connectivity index (χ0n) is 9.83. The Bertz CT molecular complexity index is 456. The lowest BCUT2D eigenvalue weighted by Gasteiger charge is -2.27. The summed E-state index contributed by atoms with van der Waals surface area (Å²) in [5.41, 5.74) is 0.0760.